The highest BCUT2D eigenvalue weighted by Crippen LogP contribution is 2.57. The summed E-state index contributed by atoms with van der Waals surface area (Å²) in [7, 11) is 3.76. The number of aliphatic hydroxyl groups is 1. The van der Waals surface area contributed by atoms with Crippen LogP contribution in [-0.4, -0.2) is 48.1 Å². The van der Waals surface area contributed by atoms with Crippen LogP contribution in [0.2, 0.25) is 0 Å². The molecule has 1 saturated carbocycles. The summed E-state index contributed by atoms with van der Waals surface area (Å²) in [5.74, 6) is 1.09. The monoisotopic (exact) mass is 301 g/mol. The Labute approximate surface area is 131 Å². The van der Waals surface area contributed by atoms with Gasteiger partial charge in [-0.1, -0.05) is 6.07 Å². The number of hydrogen-bond donors (Lipinski definition) is 1. The maximum absolute atomic E-state index is 12.2. The molecular formula is C18H23NO3. The van der Waals surface area contributed by atoms with Crippen LogP contribution in [-0.2, 0) is 16.6 Å². The molecule has 2 bridgehead atoms. The van der Waals surface area contributed by atoms with Gasteiger partial charge in [0.25, 0.3) is 0 Å². The fourth-order valence-corrected chi connectivity index (χ4v) is 5.13. The van der Waals surface area contributed by atoms with Gasteiger partial charge in [-0.25, -0.2) is 0 Å². The SMILES string of the molecule is COc1ccc2c(c1)[C@]13CCN(C)[C@H](C2)[C@]1(O)CCC(=O)C3. The van der Waals surface area contributed by atoms with Crippen LogP contribution in [0, 0.1) is 0 Å². The first-order valence-corrected chi connectivity index (χ1v) is 8.12. The molecule has 118 valence electrons. The Morgan fingerprint density at radius 2 is 2.18 bits per heavy atom. The van der Waals surface area contributed by atoms with Gasteiger partial charge >= 0.3 is 0 Å². The summed E-state index contributed by atoms with van der Waals surface area (Å²) in [5.41, 5.74) is 1.18. The van der Waals surface area contributed by atoms with Gasteiger partial charge in [-0.2, -0.15) is 0 Å². The summed E-state index contributed by atoms with van der Waals surface area (Å²) in [6, 6.07) is 6.26. The first-order valence-electron chi connectivity index (χ1n) is 8.12. The molecule has 0 radical (unpaired) electrons. The second-order valence-electron chi connectivity index (χ2n) is 7.20. The summed E-state index contributed by atoms with van der Waals surface area (Å²) >= 11 is 0. The summed E-state index contributed by atoms with van der Waals surface area (Å²) < 4.78 is 5.40. The summed E-state index contributed by atoms with van der Waals surface area (Å²) in [6.45, 7) is 0.927. The van der Waals surface area contributed by atoms with Gasteiger partial charge in [0.05, 0.1) is 12.7 Å². The van der Waals surface area contributed by atoms with Gasteiger partial charge in [0.2, 0.25) is 0 Å². The summed E-state index contributed by atoms with van der Waals surface area (Å²) in [5, 5.41) is 11.6. The molecule has 0 unspecified atom stereocenters. The minimum absolute atomic E-state index is 0.107. The van der Waals surface area contributed by atoms with E-state index in [2.05, 4.69) is 24.1 Å². The number of ketones is 1. The average molecular weight is 301 g/mol. The number of methoxy groups -OCH3 is 1. The Morgan fingerprint density at radius 1 is 1.36 bits per heavy atom. The molecule has 0 spiro atoms. The van der Waals surface area contributed by atoms with Crippen LogP contribution in [0.15, 0.2) is 18.2 Å². The molecule has 1 heterocycles. The molecule has 0 aromatic heterocycles. The largest absolute Gasteiger partial charge is 0.497 e. The lowest BCUT2D eigenvalue weighted by Gasteiger charge is -2.62. The third-order valence-electron chi connectivity index (χ3n) is 6.33. The van der Waals surface area contributed by atoms with Crippen molar-refractivity contribution in [3.05, 3.63) is 29.3 Å². The van der Waals surface area contributed by atoms with Gasteiger partial charge < -0.3 is 14.7 Å². The first-order chi connectivity index (χ1) is 10.5. The van der Waals surface area contributed by atoms with Crippen molar-refractivity contribution in [3.63, 3.8) is 0 Å². The topological polar surface area (TPSA) is 49.8 Å². The minimum Gasteiger partial charge on any atom is -0.497 e. The van der Waals surface area contributed by atoms with Crippen LogP contribution in [0.1, 0.15) is 36.8 Å². The van der Waals surface area contributed by atoms with Crippen LogP contribution in [0.4, 0.5) is 0 Å². The molecule has 1 saturated heterocycles. The summed E-state index contributed by atoms with van der Waals surface area (Å²) in [6.07, 6.45) is 3.23. The number of hydrogen-bond acceptors (Lipinski definition) is 4. The maximum Gasteiger partial charge on any atom is 0.134 e. The zero-order valence-corrected chi connectivity index (χ0v) is 13.3. The maximum atomic E-state index is 12.2. The lowest BCUT2D eigenvalue weighted by molar-refractivity contribution is -0.168. The zero-order valence-electron chi connectivity index (χ0n) is 13.3. The highest BCUT2D eigenvalue weighted by molar-refractivity contribution is 5.82. The predicted octanol–water partition coefficient (Wildman–Crippen LogP) is 1.68. The molecule has 3 atom stereocenters. The van der Waals surface area contributed by atoms with E-state index in [0.717, 1.165) is 30.7 Å². The number of Topliss-reactive ketones (excluding diaryl/α,β-unsaturated/α-hetero) is 1. The molecular weight excluding hydrogens is 278 g/mol. The van der Waals surface area contributed by atoms with Crippen LogP contribution < -0.4 is 4.74 Å². The van der Waals surface area contributed by atoms with Crippen molar-refractivity contribution in [2.24, 2.45) is 0 Å². The number of fused-ring (bicyclic) bond motifs is 1. The van der Waals surface area contributed by atoms with E-state index in [-0.39, 0.29) is 11.8 Å². The molecule has 4 rings (SSSR count). The highest BCUT2D eigenvalue weighted by atomic mass is 16.5. The van der Waals surface area contributed by atoms with E-state index in [0.29, 0.717) is 19.3 Å². The normalized spacial score (nSPS) is 37.4. The van der Waals surface area contributed by atoms with E-state index in [1.165, 1.54) is 5.56 Å². The van der Waals surface area contributed by atoms with Crippen LogP contribution in [0.5, 0.6) is 5.75 Å². The third-order valence-corrected chi connectivity index (χ3v) is 6.33. The second kappa shape index (κ2) is 4.56. The highest BCUT2D eigenvalue weighted by Gasteiger charge is 2.64. The van der Waals surface area contributed by atoms with Crippen molar-refractivity contribution in [3.8, 4) is 5.75 Å². The molecule has 2 fully saturated rings. The number of ether oxygens (including phenoxy) is 1. The van der Waals surface area contributed by atoms with Gasteiger partial charge in [0, 0.05) is 24.3 Å². The predicted molar refractivity (Wildman–Crippen MR) is 83.2 cm³/mol. The Morgan fingerprint density at radius 3 is 2.95 bits per heavy atom. The molecule has 1 N–H and O–H groups in total. The zero-order chi connectivity index (χ0) is 15.5. The van der Waals surface area contributed by atoms with Crippen molar-refractivity contribution in [1.82, 2.24) is 4.90 Å². The smallest absolute Gasteiger partial charge is 0.134 e. The molecule has 2 aliphatic carbocycles. The number of benzene rings is 1. The minimum atomic E-state index is -0.798. The van der Waals surface area contributed by atoms with E-state index < -0.39 is 11.0 Å². The summed E-state index contributed by atoms with van der Waals surface area (Å²) in [4.78, 5) is 14.5. The number of rotatable bonds is 1. The van der Waals surface area contributed by atoms with Crippen molar-refractivity contribution in [1.29, 1.82) is 0 Å². The Bertz CT molecular complexity index is 643. The molecule has 3 aliphatic rings. The van der Waals surface area contributed by atoms with Gasteiger partial charge in [-0.15, -0.1) is 0 Å². The van der Waals surface area contributed by atoms with E-state index in [9.17, 15) is 9.90 Å². The molecule has 4 heteroatoms. The van der Waals surface area contributed by atoms with E-state index in [1.807, 2.05) is 6.07 Å². The lowest BCUT2D eigenvalue weighted by atomic mass is 9.49. The Balaban J connectivity index is 1.96. The molecule has 1 aliphatic heterocycles. The quantitative estimate of drug-likeness (QED) is 0.857. The fourth-order valence-electron chi connectivity index (χ4n) is 5.13. The number of nitrogens with zero attached hydrogens (tertiary/aromatic N) is 1. The van der Waals surface area contributed by atoms with Crippen molar-refractivity contribution < 1.29 is 14.6 Å². The third kappa shape index (κ3) is 1.62. The standard InChI is InChI=1S/C18H23NO3/c1-19-8-7-17-11-13(20)5-6-18(17,21)16(19)9-12-3-4-14(22-2)10-15(12)17/h3-4,10,16,21H,5-9,11H2,1-2H3/t16-,17-,18-/m1/s1. The number of likely N-dealkylation sites (tertiary alicyclic amines) is 1. The van der Waals surface area contributed by atoms with Crippen LogP contribution >= 0.6 is 0 Å². The number of piperidine rings is 1. The number of likely N-dealkylation sites (N-methyl/N-ethyl adjacent to an activating group) is 1. The Hall–Kier alpha value is -1.39. The Kier molecular flexibility index (Phi) is 2.94. The van der Waals surface area contributed by atoms with Gasteiger partial charge in [-0.3, -0.25) is 4.79 Å². The second-order valence-corrected chi connectivity index (χ2v) is 7.20. The van der Waals surface area contributed by atoms with Gasteiger partial charge in [-0.05, 0) is 56.1 Å². The fraction of sp³-hybridized carbons (Fsp3) is 0.611. The lowest BCUT2D eigenvalue weighted by Crippen LogP contribution is -2.72. The number of carbonyl (C=O) groups is 1. The average Bonchev–Trinajstić information content (AvgIpc) is 2.51. The van der Waals surface area contributed by atoms with Crippen molar-refractivity contribution >= 4 is 5.78 Å². The molecule has 22 heavy (non-hydrogen) atoms. The number of carbonyl (C=O) groups excluding carboxylic acids is 1. The molecule has 4 nitrogen and oxygen atoms in total. The van der Waals surface area contributed by atoms with Gasteiger partial charge in [0.1, 0.15) is 11.5 Å². The van der Waals surface area contributed by atoms with Crippen LogP contribution in [0.3, 0.4) is 0 Å². The van der Waals surface area contributed by atoms with E-state index in [4.69, 9.17) is 4.74 Å². The molecule has 1 aromatic rings. The van der Waals surface area contributed by atoms with Crippen LogP contribution in [0.25, 0.3) is 0 Å². The van der Waals surface area contributed by atoms with Gasteiger partial charge in [0.15, 0.2) is 0 Å². The van der Waals surface area contributed by atoms with E-state index >= 15 is 0 Å². The van der Waals surface area contributed by atoms with Crippen molar-refractivity contribution in [2.75, 3.05) is 20.7 Å². The van der Waals surface area contributed by atoms with Crippen molar-refractivity contribution in [2.45, 2.75) is 49.2 Å². The first kappa shape index (κ1) is 14.2. The molecule has 1 aromatic carbocycles. The van der Waals surface area contributed by atoms with E-state index in [1.54, 1.807) is 7.11 Å². The molecule has 0 amide bonds.